The number of carbonyl (C=O) groups is 1. The molecule has 0 radical (unpaired) electrons. The van der Waals surface area contributed by atoms with Crippen LogP contribution < -0.4 is 0 Å². The Hall–Kier alpha value is -1.91. The van der Waals surface area contributed by atoms with Crippen LogP contribution in [-0.2, 0) is 14.8 Å². The predicted molar refractivity (Wildman–Crippen MR) is 77.3 cm³/mol. The maximum atomic E-state index is 12.7. The SMILES string of the molecule is N#Cc1cccc(S(=O)(=O)N2C[C@@H]3CCC[C@@]3(C(=O)O)C2)c1. The van der Waals surface area contributed by atoms with E-state index in [1.54, 1.807) is 0 Å². The average Bonchev–Trinajstić information content (AvgIpc) is 3.05. The molecule has 1 N–H and O–H groups in total. The molecule has 2 atom stereocenters. The van der Waals surface area contributed by atoms with Gasteiger partial charge in [0.2, 0.25) is 10.0 Å². The second kappa shape index (κ2) is 5.07. The first-order valence-electron chi connectivity index (χ1n) is 7.14. The fraction of sp³-hybridized carbons (Fsp3) is 0.467. The largest absolute Gasteiger partial charge is 0.481 e. The van der Waals surface area contributed by atoms with E-state index in [0.717, 1.165) is 12.8 Å². The molecule has 1 saturated heterocycles. The summed E-state index contributed by atoms with van der Waals surface area (Å²) in [7, 11) is -3.77. The number of sulfonamides is 1. The molecule has 1 aromatic carbocycles. The summed E-state index contributed by atoms with van der Waals surface area (Å²) in [6.07, 6.45) is 2.10. The Morgan fingerprint density at radius 2 is 2.23 bits per heavy atom. The molecule has 116 valence electrons. The van der Waals surface area contributed by atoms with Crippen molar-refractivity contribution in [3.63, 3.8) is 0 Å². The maximum Gasteiger partial charge on any atom is 0.311 e. The molecular formula is C15H16N2O4S. The van der Waals surface area contributed by atoms with E-state index in [9.17, 15) is 18.3 Å². The molecule has 1 aliphatic heterocycles. The summed E-state index contributed by atoms with van der Waals surface area (Å²) in [6, 6.07) is 7.75. The molecule has 1 aliphatic carbocycles. The number of hydrogen-bond donors (Lipinski definition) is 1. The van der Waals surface area contributed by atoms with Crippen molar-refractivity contribution in [2.45, 2.75) is 24.2 Å². The van der Waals surface area contributed by atoms with Crippen LogP contribution in [0.15, 0.2) is 29.2 Å². The summed E-state index contributed by atoms with van der Waals surface area (Å²) in [5.41, 5.74) is -0.673. The highest BCUT2D eigenvalue weighted by molar-refractivity contribution is 7.89. The van der Waals surface area contributed by atoms with Gasteiger partial charge in [-0.1, -0.05) is 12.5 Å². The van der Waals surface area contributed by atoms with Crippen molar-refractivity contribution in [2.75, 3.05) is 13.1 Å². The summed E-state index contributed by atoms with van der Waals surface area (Å²) >= 11 is 0. The minimum Gasteiger partial charge on any atom is -0.481 e. The molecule has 1 saturated carbocycles. The van der Waals surface area contributed by atoms with Crippen molar-refractivity contribution < 1.29 is 18.3 Å². The van der Waals surface area contributed by atoms with E-state index >= 15 is 0 Å². The van der Waals surface area contributed by atoms with E-state index in [-0.39, 0.29) is 29.5 Å². The van der Waals surface area contributed by atoms with Crippen LogP contribution in [0.2, 0.25) is 0 Å². The number of nitriles is 1. The van der Waals surface area contributed by atoms with Crippen LogP contribution in [0.5, 0.6) is 0 Å². The molecule has 0 unspecified atom stereocenters. The molecule has 0 amide bonds. The van der Waals surface area contributed by atoms with Crippen molar-refractivity contribution in [2.24, 2.45) is 11.3 Å². The molecule has 0 bridgehead atoms. The van der Waals surface area contributed by atoms with Gasteiger partial charge in [0.25, 0.3) is 0 Å². The van der Waals surface area contributed by atoms with Gasteiger partial charge in [0.05, 0.1) is 21.9 Å². The molecule has 0 spiro atoms. The normalized spacial score (nSPS) is 28.2. The topological polar surface area (TPSA) is 98.5 Å². The van der Waals surface area contributed by atoms with Crippen LogP contribution in [0, 0.1) is 22.7 Å². The van der Waals surface area contributed by atoms with Gasteiger partial charge >= 0.3 is 5.97 Å². The monoisotopic (exact) mass is 320 g/mol. The molecule has 1 heterocycles. The third-order valence-electron chi connectivity index (χ3n) is 4.87. The lowest BCUT2D eigenvalue weighted by atomic mass is 9.81. The van der Waals surface area contributed by atoms with Crippen molar-refractivity contribution >= 4 is 16.0 Å². The van der Waals surface area contributed by atoms with Crippen LogP contribution in [0.25, 0.3) is 0 Å². The zero-order chi connectivity index (χ0) is 16.0. The minimum absolute atomic E-state index is 0.0200. The van der Waals surface area contributed by atoms with Crippen LogP contribution in [0.1, 0.15) is 24.8 Å². The van der Waals surface area contributed by atoms with E-state index in [0.29, 0.717) is 6.42 Å². The fourth-order valence-corrected chi connectivity index (χ4v) is 5.25. The number of hydrogen-bond acceptors (Lipinski definition) is 4. The Labute approximate surface area is 129 Å². The van der Waals surface area contributed by atoms with Gasteiger partial charge in [0.15, 0.2) is 0 Å². The molecule has 2 aliphatic rings. The van der Waals surface area contributed by atoms with Gasteiger partial charge in [-0.2, -0.15) is 9.57 Å². The first-order valence-corrected chi connectivity index (χ1v) is 8.58. The number of aliphatic carboxylic acids is 1. The summed E-state index contributed by atoms with van der Waals surface area (Å²) in [5, 5.41) is 18.4. The molecule has 3 rings (SSSR count). The molecule has 7 heteroatoms. The second-order valence-corrected chi connectivity index (χ2v) is 7.93. The van der Waals surface area contributed by atoms with Gasteiger partial charge in [0.1, 0.15) is 0 Å². The number of nitrogens with zero attached hydrogens (tertiary/aromatic N) is 2. The van der Waals surface area contributed by atoms with Gasteiger partial charge in [-0.05, 0) is 37.0 Å². The molecule has 2 fully saturated rings. The molecule has 22 heavy (non-hydrogen) atoms. The second-order valence-electron chi connectivity index (χ2n) is 5.99. The van der Waals surface area contributed by atoms with Crippen molar-refractivity contribution in [3.8, 4) is 6.07 Å². The summed E-state index contributed by atoms with van der Waals surface area (Å²) in [5.74, 6) is -1.03. The first-order chi connectivity index (χ1) is 10.4. The Morgan fingerprint density at radius 1 is 1.45 bits per heavy atom. The molecule has 1 aromatic rings. The maximum absolute atomic E-state index is 12.7. The van der Waals surface area contributed by atoms with Crippen LogP contribution in [-0.4, -0.2) is 36.9 Å². The highest BCUT2D eigenvalue weighted by Crippen LogP contribution is 2.50. The van der Waals surface area contributed by atoms with Gasteiger partial charge in [-0.15, -0.1) is 0 Å². The van der Waals surface area contributed by atoms with Crippen LogP contribution in [0.4, 0.5) is 0 Å². The summed E-state index contributed by atoms with van der Waals surface area (Å²) in [6.45, 7) is 0.261. The van der Waals surface area contributed by atoms with E-state index < -0.39 is 21.4 Å². The van der Waals surface area contributed by atoms with Crippen molar-refractivity contribution in [3.05, 3.63) is 29.8 Å². The summed E-state index contributed by atoms with van der Waals surface area (Å²) < 4.78 is 26.7. The number of fused-ring (bicyclic) bond motifs is 1. The van der Waals surface area contributed by atoms with Gasteiger partial charge in [-0.25, -0.2) is 8.42 Å². The predicted octanol–water partition coefficient (Wildman–Crippen LogP) is 1.43. The van der Waals surface area contributed by atoms with Crippen molar-refractivity contribution in [1.29, 1.82) is 5.26 Å². The Kier molecular flexibility index (Phi) is 3.46. The third kappa shape index (κ3) is 2.11. The summed E-state index contributed by atoms with van der Waals surface area (Å²) in [4.78, 5) is 11.7. The van der Waals surface area contributed by atoms with Crippen LogP contribution >= 0.6 is 0 Å². The quantitative estimate of drug-likeness (QED) is 0.908. The average molecular weight is 320 g/mol. The lowest BCUT2D eigenvalue weighted by molar-refractivity contribution is -0.149. The minimum atomic E-state index is -3.77. The van der Waals surface area contributed by atoms with Gasteiger partial charge < -0.3 is 5.11 Å². The van der Waals surface area contributed by atoms with Crippen LogP contribution in [0.3, 0.4) is 0 Å². The van der Waals surface area contributed by atoms with Gasteiger partial charge in [0, 0.05) is 13.1 Å². The smallest absolute Gasteiger partial charge is 0.311 e. The Morgan fingerprint density at radius 3 is 2.86 bits per heavy atom. The Bertz CT molecular complexity index is 768. The molecule has 6 nitrogen and oxygen atoms in total. The lowest BCUT2D eigenvalue weighted by Crippen LogP contribution is -2.37. The fourth-order valence-electron chi connectivity index (χ4n) is 3.65. The number of carboxylic acid groups (broad SMARTS) is 1. The zero-order valence-electron chi connectivity index (χ0n) is 11.9. The van der Waals surface area contributed by atoms with E-state index in [1.165, 1.54) is 28.6 Å². The molecular weight excluding hydrogens is 304 g/mol. The van der Waals surface area contributed by atoms with E-state index in [4.69, 9.17) is 5.26 Å². The first kappa shape index (κ1) is 15.0. The third-order valence-corrected chi connectivity index (χ3v) is 6.67. The lowest BCUT2D eigenvalue weighted by Gasteiger charge is -2.23. The number of rotatable bonds is 3. The molecule has 0 aromatic heterocycles. The standard InChI is InChI=1S/C15H16N2O4S/c16-8-11-3-1-5-13(7-11)22(20,21)17-9-12-4-2-6-15(12,10-17)14(18)19/h1,3,5,7,12H,2,4,6,9-10H2,(H,18,19)/t12-,15+/m0/s1. The Balaban J connectivity index is 1.95. The van der Waals surface area contributed by atoms with Crippen molar-refractivity contribution in [1.82, 2.24) is 4.31 Å². The zero-order valence-corrected chi connectivity index (χ0v) is 12.7. The highest BCUT2D eigenvalue weighted by atomic mass is 32.2. The number of benzene rings is 1. The van der Waals surface area contributed by atoms with E-state index in [2.05, 4.69) is 0 Å². The van der Waals surface area contributed by atoms with E-state index in [1.807, 2.05) is 6.07 Å². The van der Waals surface area contributed by atoms with Gasteiger partial charge in [-0.3, -0.25) is 4.79 Å². The highest BCUT2D eigenvalue weighted by Gasteiger charge is 2.57. The number of carboxylic acids is 1.